The van der Waals surface area contributed by atoms with Gasteiger partial charge in [-0.15, -0.1) is 10.1 Å². The lowest BCUT2D eigenvalue weighted by atomic mass is 9.47. The fourth-order valence-corrected chi connectivity index (χ4v) is 8.13. The Morgan fingerprint density at radius 1 is 1.19 bits per heavy atom. The highest BCUT2D eigenvalue weighted by Crippen LogP contribution is 2.66. The molecule has 1 amide bonds. The van der Waals surface area contributed by atoms with E-state index in [0.717, 1.165) is 5.57 Å². The fraction of sp³-hybridized carbons (Fsp3) is 0.733. The van der Waals surface area contributed by atoms with Crippen molar-refractivity contribution in [1.82, 2.24) is 5.32 Å². The molecule has 0 aromatic carbocycles. The van der Waals surface area contributed by atoms with Gasteiger partial charge in [0.25, 0.3) is 5.09 Å². The number of nitrogens with one attached hydrogen (secondary N) is 1. The number of carbonyl (C=O) groups is 4. The number of fused-ring (bicyclic) bond motifs is 5. The Hall–Kier alpha value is -3.12. The van der Waals surface area contributed by atoms with Crippen LogP contribution >= 0.6 is 0 Å². The number of hydrogen-bond acceptors (Lipinski definition) is 10. The summed E-state index contributed by atoms with van der Waals surface area (Å²) >= 11 is 0. The lowest BCUT2D eigenvalue weighted by Gasteiger charge is -2.58. The first-order valence-corrected chi connectivity index (χ1v) is 14.9. The van der Waals surface area contributed by atoms with E-state index < -0.39 is 46.0 Å². The number of Topliss-reactive ketones (excluding diaryl/α,β-unsaturated/α-hetero) is 1. The van der Waals surface area contributed by atoms with Crippen molar-refractivity contribution in [3.05, 3.63) is 33.9 Å². The van der Waals surface area contributed by atoms with E-state index in [1.165, 1.54) is 0 Å². The van der Waals surface area contributed by atoms with Crippen molar-refractivity contribution >= 4 is 23.4 Å². The van der Waals surface area contributed by atoms with Crippen LogP contribution < -0.4 is 5.32 Å². The summed E-state index contributed by atoms with van der Waals surface area (Å²) in [4.78, 5) is 63.9. The second-order valence-corrected chi connectivity index (χ2v) is 12.7. The average Bonchev–Trinajstić information content (AvgIpc) is 3.20. The molecule has 12 nitrogen and oxygen atoms in total. The Balaban J connectivity index is 1.26. The summed E-state index contributed by atoms with van der Waals surface area (Å²) < 4.78 is 5.18. The highest BCUT2D eigenvalue weighted by Gasteiger charge is 2.67. The first-order chi connectivity index (χ1) is 19.8. The summed E-state index contributed by atoms with van der Waals surface area (Å²) in [5.74, 6) is -1.58. The SMILES string of the molecule is C[C@]12C=CC(=O)CC1=CC[C@@H]1[C@@H]2[C@@H](O)C[C@@]2(C)[C@H]1CC[C@]2(O)C(=O)COC(=O)CCNC(=O)CCCCCO[N+](=O)[O-]. The fourth-order valence-electron chi connectivity index (χ4n) is 8.13. The number of allylic oxidation sites excluding steroid dienone is 4. The van der Waals surface area contributed by atoms with Gasteiger partial charge in [-0.05, 0) is 56.4 Å². The van der Waals surface area contributed by atoms with Gasteiger partial charge in [0, 0.05) is 36.1 Å². The summed E-state index contributed by atoms with van der Waals surface area (Å²) in [7, 11) is 0. The number of esters is 1. The Morgan fingerprint density at radius 3 is 2.69 bits per heavy atom. The molecule has 0 spiro atoms. The molecule has 3 N–H and O–H groups in total. The van der Waals surface area contributed by atoms with Gasteiger partial charge in [-0.25, -0.2) is 0 Å². The van der Waals surface area contributed by atoms with Gasteiger partial charge in [0.05, 0.1) is 19.1 Å². The number of ketones is 2. The smallest absolute Gasteiger partial charge is 0.308 e. The van der Waals surface area contributed by atoms with Gasteiger partial charge in [0.2, 0.25) is 11.7 Å². The van der Waals surface area contributed by atoms with E-state index in [0.29, 0.717) is 38.5 Å². The van der Waals surface area contributed by atoms with Crippen LogP contribution in [0.5, 0.6) is 0 Å². The first kappa shape index (κ1) is 31.8. The number of rotatable bonds is 13. The molecule has 0 saturated heterocycles. The number of unbranched alkanes of at least 4 members (excludes halogenated alkanes) is 2. The average molecular weight is 591 g/mol. The Labute approximate surface area is 245 Å². The van der Waals surface area contributed by atoms with Crippen molar-refractivity contribution in [2.45, 2.75) is 89.8 Å². The number of aliphatic hydroxyl groups is 2. The molecule has 42 heavy (non-hydrogen) atoms. The molecule has 0 aromatic heterocycles. The maximum atomic E-state index is 13.4. The zero-order chi connectivity index (χ0) is 30.7. The third kappa shape index (κ3) is 6.15. The van der Waals surface area contributed by atoms with Crippen LogP contribution in [0.4, 0.5) is 0 Å². The zero-order valence-corrected chi connectivity index (χ0v) is 24.3. The summed E-state index contributed by atoms with van der Waals surface area (Å²) in [5.41, 5.74) is -2.05. The molecule has 2 saturated carbocycles. The van der Waals surface area contributed by atoms with Gasteiger partial charge in [0.1, 0.15) is 5.60 Å². The lowest BCUT2D eigenvalue weighted by Crippen LogP contribution is -2.61. The largest absolute Gasteiger partial charge is 0.457 e. The monoisotopic (exact) mass is 590 g/mol. The first-order valence-electron chi connectivity index (χ1n) is 14.9. The molecule has 0 aliphatic heterocycles. The molecule has 4 rings (SSSR count). The van der Waals surface area contributed by atoms with Crippen LogP contribution in [0.3, 0.4) is 0 Å². The van der Waals surface area contributed by atoms with Gasteiger partial charge in [0.15, 0.2) is 12.4 Å². The Bertz CT molecular complexity index is 1170. The van der Waals surface area contributed by atoms with Gasteiger partial charge >= 0.3 is 5.97 Å². The van der Waals surface area contributed by atoms with E-state index >= 15 is 0 Å². The number of nitrogens with zero attached hydrogens (tertiary/aromatic N) is 1. The minimum Gasteiger partial charge on any atom is -0.457 e. The van der Waals surface area contributed by atoms with Crippen LogP contribution in [0.2, 0.25) is 0 Å². The van der Waals surface area contributed by atoms with Crippen LogP contribution in [-0.2, 0) is 28.8 Å². The van der Waals surface area contributed by atoms with E-state index in [2.05, 4.69) is 23.2 Å². The molecule has 0 radical (unpaired) electrons. The van der Waals surface area contributed by atoms with E-state index in [1.54, 1.807) is 6.08 Å². The molecule has 0 aromatic rings. The minimum atomic E-state index is -1.74. The van der Waals surface area contributed by atoms with Crippen LogP contribution in [0.15, 0.2) is 23.8 Å². The highest BCUT2D eigenvalue weighted by molar-refractivity contribution is 5.93. The van der Waals surface area contributed by atoms with Crippen molar-refractivity contribution < 1.29 is 44.1 Å². The Morgan fingerprint density at radius 2 is 1.95 bits per heavy atom. The number of hydrogen-bond donors (Lipinski definition) is 3. The molecule has 2 fully saturated rings. The minimum absolute atomic E-state index is 0.0197. The van der Waals surface area contributed by atoms with Crippen LogP contribution in [0.1, 0.15) is 78.1 Å². The predicted octanol–water partition coefficient (Wildman–Crippen LogP) is 2.38. The third-order valence-corrected chi connectivity index (χ3v) is 10.3. The quantitative estimate of drug-likeness (QED) is 0.0947. The van der Waals surface area contributed by atoms with Crippen LogP contribution in [0, 0.1) is 38.7 Å². The van der Waals surface area contributed by atoms with E-state index in [-0.39, 0.29) is 68.3 Å². The molecule has 232 valence electrons. The van der Waals surface area contributed by atoms with Gasteiger partial charge < -0.3 is 25.1 Å². The molecule has 4 aliphatic carbocycles. The lowest BCUT2D eigenvalue weighted by molar-refractivity contribution is -0.757. The summed E-state index contributed by atoms with van der Waals surface area (Å²) in [6, 6.07) is 0. The van der Waals surface area contributed by atoms with Crippen LogP contribution in [0.25, 0.3) is 0 Å². The van der Waals surface area contributed by atoms with Gasteiger partial charge in [-0.2, -0.15) is 0 Å². The van der Waals surface area contributed by atoms with Crippen molar-refractivity contribution in [2.75, 3.05) is 19.8 Å². The predicted molar refractivity (Wildman–Crippen MR) is 148 cm³/mol. The highest BCUT2D eigenvalue weighted by atomic mass is 16.9. The van der Waals surface area contributed by atoms with Gasteiger partial charge in [-0.3, -0.25) is 19.2 Å². The molecule has 0 unspecified atom stereocenters. The third-order valence-electron chi connectivity index (χ3n) is 10.3. The van der Waals surface area contributed by atoms with Crippen LogP contribution in [-0.4, -0.2) is 70.2 Å². The number of carbonyl (C=O) groups excluding carboxylic acids is 4. The van der Waals surface area contributed by atoms with E-state index in [1.807, 2.05) is 13.0 Å². The Kier molecular flexibility index (Phi) is 9.56. The second kappa shape index (κ2) is 12.6. The molecule has 12 heteroatoms. The normalized spacial score (nSPS) is 34.9. The van der Waals surface area contributed by atoms with Crippen molar-refractivity contribution in [3.63, 3.8) is 0 Å². The van der Waals surface area contributed by atoms with Crippen molar-refractivity contribution in [3.8, 4) is 0 Å². The summed E-state index contributed by atoms with van der Waals surface area (Å²) in [6.45, 7) is 3.35. The molecular formula is C30H42N2O10. The molecule has 0 heterocycles. The number of aliphatic hydroxyl groups excluding tert-OH is 1. The standard InChI is InChI=1S/C30H42N2O10/c1-28-12-9-20(33)16-19(28)7-8-21-22-10-13-30(38,29(22,2)17-23(34)27(21)28)24(35)18-41-26(37)11-14-31-25(36)6-4-3-5-15-42-32(39)40/h7,9,12,21-23,27,34,38H,3-6,8,10-11,13-18H2,1-2H3,(H,31,36)/t21-,22-,23-,27+,28-,29-,30-/m0/s1. The number of amides is 1. The molecule has 4 aliphatic rings. The molecular weight excluding hydrogens is 548 g/mol. The van der Waals surface area contributed by atoms with E-state index in [9.17, 15) is 39.5 Å². The molecule has 0 bridgehead atoms. The zero-order valence-electron chi connectivity index (χ0n) is 24.3. The topological polar surface area (TPSA) is 182 Å². The van der Waals surface area contributed by atoms with Crippen molar-refractivity contribution in [2.24, 2.45) is 28.6 Å². The number of ether oxygens (including phenoxy) is 1. The van der Waals surface area contributed by atoms with Gasteiger partial charge in [-0.1, -0.05) is 38.0 Å². The maximum absolute atomic E-state index is 13.4. The maximum Gasteiger partial charge on any atom is 0.308 e. The van der Waals surface area contributed by atoms with E-state index in [4.69, 9.17) is 4.74 Å². The van der Waals surface area contributed by atoms with Crippen molar-refractivity contribution in [1.29, 1.82) is 0 Å². The molecule has 7 atom stereocenters. The summed E-state index contributed by atoms with van der Waals surface area (Å²) in [5, 5.41) is 35.0. The summed E-state index contributed by atoms with van der Waals surface area (Å²) in [6.07, 6.45) is 8.57. The second-order valence-electron chi connectivity index (χ2n) is 12.7.